The van der Waals surface area contributed by atoms with E-state index in [1.54, 1.807) is 12.3 Å². The Bertz CT molecular complexity index is 1400. The van der Waals surface area contributed by atoms with Gasteiger partial charge in [0.15, 0.2) is 0 Å². The van der Waals surface area contributed by atoms with E-state index >= 15 is 0 Å². The highest BCUT2D eigenvalue weighted by Gasteiger charge is 2.19. The largest absolute Gasteiger partial charge is 0.493 e. The quantitative estimate of drug-likeness (QED) is 0.287. The van der Waals surface area contributed by atoms with Crippen LogP contribution < -0.4 is 10.1 Å². The summed E-state index contributed by atoms with van der Waals surface area (Å²) in [5.41, 5.74) is 8.39. The number of anilines is 1. The molecular weight excluding hydrogens is 446 g/mol. The summed E-state index contributed by atoms with van der Waals surface area (Å²) >= 11 is 6.08. The normalized spacial score (nSPS) is 11.6. The van der Waals surface area contributed by atoms with E-state index in [1.165, 1.54) is 5.56 Å². The summed E-state index contributed by atoms with van der Waals surface area (Å²) in [6.45, 7) is 10.4. The van der Waals surface area contributed by atoms with Gasteiger partial charge in [0, 0.05) is 38.9 Å². The van der Waals surface area contributed by atoms with Crippen molar-refractivity contribution in [3.8, 4) is 16.9 Å². The monoisotopic (exact) mass is 473 g/mol. The topological polar surface area (TPSA) is 51.5 Å². The van der Waals surface area contributed by atoms with Crippen LogP contribution in [0.1, 0.15) is 36.1 Å². The van der Waals surface area contributed by atoms with Crippen LogP contribution in [0.3, 0.4) is 0 Å². The van der Waals surface area contributed by atoms with Crippen LogP contribution in [0.2, 0.25) is 5.02 Å². The summed E-state index contributed by atoms with van der Waals surface area (Å²) < 4.78 is 12.0. The van der Waals surface area contributed by atoms with Crippen molar-refractivity contribution in [1.82, 2.24) is 0 Å². The van der Waals surface area contributed by atoms with Crippen LogP contribution in [0.5, 0.6) is 5.75 Å². The average Bonchev–Trinajstić information content (AvgIpc) is 3.23. The highest BCUT2D eigenvalue weighted by atomic mass is 35.5. The van der Waals surface area contributed by atoms with E-state index in [9.17, 15) is 4.79 Å². The van der Waals surface area contributed by atoms with Crippen LogP contribution >= 0.6 is 11.6 Å². The molecule has 4 nitrogen and oxygen atoms in total. The number of benzene rings is 3. The van der Waals surface area contributed by atoms with Gasteiger partial charge in [-0.3, -0.25) is 4.79 Å². The molecule has 174 valence electrons. The van der Waals surface area contributed by atoms with Crippen LogP contribution in [-0.2, 0) is 4.79 Å². The molecule has 0 fully saturated rings. The molecule has 0 saturated carbocycles. The van der Waals surface area contributed by atoms with Crippen LogP contribution in [-0.4, -0.2) is 12.5 Å². The number of hydrogen-bond acceptors (Lipinski definition) is 3. The molecule has 1 amide bonds. The van der Waals surface area contributed by atoms with E-state index < -0.39 is 0 Å². The number of aryl methyl sites for hydroxylation is 3. The Morgan fingerprint density at radius 1 is 1.06 bits per heavy atom. The molecule has 0 atom stereocenters. The summed E-state index contributed by atoms with van der Waals surface area (Å²) in [5.74, 6) is 0.533. The first-order valence-electron chi connectivity index (χ1n) is 11.3. The molecule has 4 rings (SSSR count). The Labute approximate surface area is 205 Å². The molecule has 34 heavy (non-hydrogen) atoms. The summed E-state index contributed by atoms with van der Waals surface area (Å²) in [6.07, 6.45) is 3.37. The van der Waals surface area contributed by atoms with Crippen molar-refractivity contribution in [3.05, 3.63) is 88.1 Å². The smallest absolute Gasteiger partial charge is 0.248 e. The second kappa shape index (κ2) is 9.78. The first-order chi connectivity index (χ1) is 16.3. The molecule has 0 radical (unpaired) electrons. The molecule has 0 saturated heterocycles. The Balaban J connectivity index is 1.76. The number of fused-ring (bicyclic) bond motifs is 1. The van der Waals surface area contributed by atoms with Crippen molar-refractivity contribution in [2.45, 2.75) is 34.6 Å². The van der Waals surface area contributed by atoms with E-state index in [2.05, 4.69) is 5.32 Å². The van der Waals surface area contributed by atoms with Gasteiger partial charge in [0.25, 0.3) is 0 Å². The van der Waals surface area contributed by atoms with E-state index in [0.29, 0.717) is 11.6 Å². The molecule has 0 aliphatic heterocycles. The minimum absolute atomic E-state index is 0.189. The molecule has 4 aromatic rings. The number of carbonyl (C=O) groups excluding carboxylic acids is 1. The van der Waals surface area contributed by atoms with Gasteiger partial charge >= 0.3 is 0 Å². The lowest BCUT2D eigenvalue weighted by Crippen LogP contribution is -2.09. The maximum absolute atomic E-state index is 12.8. The van der Waals surface area contributed by atoms with E-state index in [4.69, 9.17) is 20.8 Å². The minimum Gasteiger partial charge on any atom is -0.493 e. The Morgan fingerprint density at radius 3 is 2.47 bits per heavy atom. The number of halogens is 1. The van der Waals surface area contributed by atoms with Crippen LogP contribution in [0.15, 0.2) is 65.3 Å². The SMILES string of the molecule is CCOc1c(/C(C)=C/C(=O)Nc2ccc(C)c(C)c2)cc2c(-c3ccc(Cl)cc3)coc2c1C. The van der Waals surface area contributed by atoms with Gasteiger partial charge < -0.3 is 14.5 Å². The summed E-state index contributed by atoms with van der Waals surface area (Å²) in [6, 6.07) is 15.6. The number of hydrogen-bond donors (Lipinski definition) is 1. The molecule has 1 aromatic heterocycles. The summed E-state index contributed by atoms with van der Waals surface area (Å²) in [5, 5.41) is 4.60. The van der Waals surface area contributed by atoms with E-state index in [1.807, 2.05) is 83.1 Å². The van der Waals surface area contributed by atoms with Gasteiger partial charge in [-0.05, 0) is 87.2 Å². The minimum atomic E-state index is -0.189. The van der Waals surface area contributed by atoms with Crippen molar-refractivity contribution >= 4 is 39.7 Å². The van der Waals surface area contributed by atoms with Crippen LogP contribution in [0.4, 0.5) is 5.69 Å². The van der Waals surface area contributed by atoms with Gasteiger partial charge in [-0.2, -0.15) is 0 Å². The molecule has 0 unspecified atom stereocenters. The molecule has 1 N–H and O–H groups in total. The van der Waals surface area contributed by atoms with Crippen molar-refractivity contribution < 1.29 is 13.9 Å². The van der Waals surface area contributed by atoms with Crippen LogP contribution in [0.25, 0.3) is 27.7 Å². The average molecular weight is 474 g/mol. The van der Waals surface area contributed by atoms with Gasteiger partial charge in [0.1, 0.15) is 11.3 Å². The molecule has 0 aliphatic carbocycles. The molecule has 5 heteroatoms. The number of allylic oxidation sites excluding steroid dienone is 1. The first-order valence-corrected chi connectivity index (χ1v) is 11.7. The summed E-state index contributed by atoms with van der Waals surface area (Å²) in [4.78, 5) is 12.8. The molecule has 3 aromatic carbocycles. The van der Waals surface area contributed by atoms with Crippen molar-refractivity contribution in [1.29, 1.82) is 0 Å². The Morgan fingerprint density at radius 2 is 1.79 bits per heavy atom. The van der Waals surface area contributed by atoms with Gasteiger partial charge in [-0.1, -0.05) is 29.8 Å². The Kier molecular flexibility index (Phi) is 6.80. The lowest BCUT2D eigenvalue weighted by molar-refractivity contribution is -0.111. The van der Waals surface area contributed by atoms with Crippen LogP contribution in [0, 0.1) is 20.8 Å². The maximum Gasteiger partial charge on any atom is 0.248 e. The fraction of sp³-hybridized carbons (Fsp3) is 0.207. The van der Waals surface area contributed by atoms with Crippen molar-refractivity contribution in [2.75, 3.05) is 11.9 Å². The number of nitrogens with one attached hydrogen (secondary N) is 1. The third kappa shape index (κ3) is 4.73. The van der Waals surface area contributed by atoms with E-state index in [-0.39, 0.29) is 5.91 Å². The molecule has 0 aliphatic rings. The third-order valence-electron chi connectivity index (χ3n) is 6.03. The van der Waals surface area contributed by atoms with Gasteiger partial charge in [0.05, 0.1) is 12.9 Å². The van der Waals surface area contributed by atoms with E-state index in [0.717, 1.165) is 55.8 Å². The molecule has 0 spiro atoms. The van der Waals surface area contributed by atoms with Gasteiger partial charge in [0.2, 0.25) is 5.91 Å². The predicted molar refractivity (Wildman–Crippen MR) is 141 cm³/mol. The second-order valence-electron chi connectivity index (χ2n) is 8.46. The number of furan rings is 1. The van der Waals surface area contributed by atoms with Crippen molar-refractivity contribution in [2.24, 2.45) is 0 Å². The molecular formula is C29H28ClNO3. The zero-order chi connectivity index (χ0) is 24.4. The fourth-order valence-electron chi connectivity index (χ4n) is 4.06. The fourth-order valence-corrected chi connectivity index (χ4v) is 4.19. The van der Waals surface area contributed by atoms with Crippen molar-refractivity contribution in [3.63, 3.8) is 0 Å². The first kappa shape index (κ1) is 23.7. The highest BCUT2D eigenvalue weighted by molar-refractivity contribution is 6.30. The lowest BCUT2D eigenvalue weighted by atomic mass is 9.96. The Hall–Kier alpha value is -3.50. The second-order valence-corrected chi connectivity index (χ2v) is 8.90. The van der Waals surface area contributed by atoms with Gasteiger partial charge in [-0.15, -0.1) is 0 Å². The number of rotatable bonds is 6. The van der Waals surface area contributed by atoms with Gasteiger partial charge in [-0.25, -0.2) is 0 Å². The zero-order valence-electron chi connectivity index (χ0n) is 20.1. The molecule has 0 bridgehead atoms. The number of carbonyl (C=O) groups is 1. The maximum atomic E-state index is 12.8. The number of ether oxygens (including phenoxy) is 1. The molecule has 1 heterocycles. The number of amides is 1. The third-order valence-corrected chi connectivity index (χ3v) is 6.29. The standard InChI is InChI=1S/C29H28ClNO3/c1-6-33-28-20(5)29-25(26(16-34-29)21-8-10-22(30)11-9-21)15-24(28)19(4)14-27(32)31-23-12-7-17(2)18(3)13-23/h7-16H,6H2,1-5H3,(H,31,32)/b19-14+. The zero-order valence-corrected chi connectivity index (χ0v) is 20.8. The predicted octanol–water partition coefficient (Wildman–Crippen LogP) is 8.12. The summed E-state index contributed by atoms with van der Waals surface area (Å²) in [7, 11) is 0. The lowest BCUT2D eigenvalue weighted by Gasteiger charge is -2.15. The highest BCUT2D eigenvalue weighted by Crippen LogP contribution is 2.41.